The van der Waals surface area contributed by atoms with E-state index in [1.165, 1.54) is 0 Å². The van der Waals surface area contributed by atoms with Gasteiger partial charge in [0.15, 0.2) is 0 Å². The second-order valence-corrected chi connectivity index (χ2v) is 1.55. The molecule has 1 N–H and O–H groups in total. The molecule has 1 atom stereocenters. The number of ether oxygens (including phenoxy) is 1. The van der Waals surface area contributed by atoms with Crippen LogP contribution in [0.1, 0.15) is 6.42 Å². The van der Waals surface area contributed by atoms with Gasteiger partial charge in [-0.2, -0.15) is 0 Å². The van der Waals surface area contributed by atoms with Crippen LogP contribution in [0.15, 0.2) is 0 Å². The molecule has 0 amide bonds. The van der Waals surface area contributed by atoms with Crippen molar-refractivity contribution in [2.24, 2.45) is 0 Å². The predicted molar refractivity (Wildman–Crippen MR) is 29.1 cm³/mol. The fourth-order valence-electron chi connectivity index (χ4n) is 0.381. The molecule has 1 saturated heterocycles. The third kappa shape index (κ3) is 3.43. The van der Waals surface area contributed by atoms with Gasteiger partial charge in [0.05, 0.1) is 19.1 Å². The summed E-state index contributed by atoms with van der Waals surface area (Å²) in [6, 6.07) is 0. The molecular formula is C4H7NaO3. The molecular weight excluding hydrogens is 119 g/mol. The van der Waals surface area contributed by atoms with Crippen LogP contribution < -0.4 is 0 Å². The van der Waals surface area contributed by atoms with Crippen LogP contribution in [0.5, 0.6) is 0 Å². The third-order valence-electron chi connectivity index (χ3n) is 0.805. The van der Waals surface area contributed by atoms with Crippen molar-refractivity contribution in [2.75, 3.05) is 6.61 Å². The Kier molecular flexibility index (Phi) is 3.64. The Morgan fingerprint density at radius 1 is 1.88 bits per heavy atom. The van der Waals surface area contributed by atoms with Crippen molar-refractivity contribution >= 4 is 35.5 Å². The molecule has 1 heterocycles. The quantitative estimate of drug-likeness (QED) is 0.389. The topological polar surface area (TPSA) is 49.8 Å². The maximum absolute atomic E-state index is 9.77. The van der Waals surface area contributed by atoms with E-state index < -0.39 is 5.97 Å². The number of carboxylic acid groups (broad SMARTS) is 1. The van der Waals surface area contributed by atoms with Crippen LogP contribution in [-0.2, 0) is 9.53 Å². The maximum atomic E-state index is 9.77. The molecule has 1 aliphatic rings. The first-order valence-corrected chi connectivity index (χ1v) is 2.12. The molecule has 1 unspecified atom stereocenters. The molecule has 0 aromatic heterocycles. The van der Waals surface area contributed by atoms with E-state index in [1.807, 2.05) is 0 Å². The van der Waals surface area contributed by atoms with Gasteiger partial charge in [0.1, 0.15) is 0 Å². The molecule has 0 aromatic carbocycles. The van der Waals surface area contributed by atoms with Gasteiger partial charge in [-0.15, -0.1) is 0 Å². The molecule has 0 aliphatic carbocycles. The average molecular weight is 126 g/mol. The van der Waals surface area contributed by atoms with E-state index in [1.54, 1.807) is 0 Å². The van der Waals surface area contributed by atoms with E-state index in [0.717, 1.165) is 0 Å². The minimum absolute atomic E-state index is 0. The molecule has 0 spiro atoms. The summed E-state index contributed by atoms with van der Waals surface area (Å²) >= 11 is 0. The third-order valence-corrected chi connectivity index (χ3v) is 0.805. The van der Waals surface area contributed by atoms with Gasteiger partial charge < -0.3 is 9.84 Å². The number of carboxylic acids is 1. The molecule has 0 saturated carbocycles. The normalized spacial score (nSPS) is 23.8. The Morgan fingerprint density at radius 2 is 2.38 bits per heavy atom. The zero-order chi connectivity index (χ0) is 5.28. The standard InChI is InChI=1S/C4H6O3.Na.H/c5-4(6)1-3-2-7-3;;/h3H,1-2H2,(H,5,6);;. The van der Waals surface area contributed by atoms with Gasteiger partial charge >= 0.3 is 35.5 Å². The number of rotatable bonds is 2. The fraction of sp³-hybridized carbons (Fsp3) is 0.750. The van der Waals surface area contributed by atoms with Crippen LogP contribution in [0.2, 0.25) is 0 Å². The van der Waals surface area contributed by atoms with E-state index in [9.17, 15) is 4.79 Å². The zero-order valence-electron chi connectivity index (χ0n) is 3.76. The molecule has 3 nitrogen and oxygen atoms in total. The van der Waals surface area contributed by atoms with E-state index in [-0.39, 0.29) is 42.1 Å². The molecule has 0 aromatic rings. The summed E-state index contributed by atoms with van der Waals surface area (Å²) in [5.41, 5.74) is 0. The molecule has 1 aliphatic heterocycles. The predicted octanol–water partition coefficient (Wildman–Crippen LogP) is -0.789. The summed E-state index contributed by atoms with van der Waals surface area (Å²) < 4.78 is 4.64. The van der Waals surface area contributed by atoms with Crippen molar-refractivity contribution in [1.82, 2.24) is 0 Å². The molecule has 4 heteroatoms. The summed E-state index contributed by atoms with van der Waals surface area (Å²) in [5.74, 6) is -0.775. The summed E-state index contributed by atoms with van der Waals surface area (Å²) in [4.78, 5) is 9.77. The average Bonchev–Trinajstić information content (AvgIpc) is 2.17. The molecule has 0 bridgehead atoms. The van der Waals surface area contributed by atoms with Crippen molar-refractivity contribution in [3.05, 3.63) is 0 Å². The number of aliphatic carboxylic acids is 1. The van der Waals surface area contributed by atoms with Crippen molar-refractivity contribution in [3.8, 4) is 0 Å². The van der Waals surface area contributed by atoms with Gasteiger partial charge in [0.25, 0.3) is 0 Å². The van der Waals surface area contributed by atoms with Crippen LogP contribution in [0.25, 0.3) is 0 Å². The Balaban J connectivity index is 0.000000490. The first kappa shape index (κ1) is 8.43. The Labute approximate surface area is 69.3 Å². The molecule has 1 rings (SSSR count). The Bertz CT molecular complexity index is 89.3. The molecule has 8 heavy (non-hydrogen) atoms. The van der Waals surface area contributed by atoms with Crippen molar-refractivity contribution in [3.63, 3.8) is 0 Å². The van der Waals surface area contributed by atoms with Gasteiger partial charge in [0.2, 0.25) is 0 Å². The van der Waals surface area contributed by atoms with Crippen LogP contribution in [0, 0.1) is 0 Å². The Hall–Kier alpha value is 0.430. The molecule has 0 radical (unpaired) electrons. The van der Waals surface area contributed by atoms with Crippen LogP contribution in [0.4, 0.5) is 0 Å². The van der Waals surface area contributed by atoms with Crippen LogP contribution in [0.3, 0.4) is 0 Å². The van der Waals surface area contributed by atoms with Gasteiger partial charge in [-0.3, -0.25) is 4.79 Å². The fourth-order valence-corrected chi connectivity index (χ4v) is 0.381. The summed E-state index contributed by atoms with van der Waals surface area (Å²) in [7, 11) is 0. The summed E-state index contributed by atoms with van der Waals surface area (Å²) in [6.45, 7) is 0.631. The second-order valence-electron chi connectivity index (χ2n) is 1.55. The van der Waals surface area contributed by atoms with Gasteiger partial charge in [0, 0.05) is 0 Å². The van der Waals surface area contributed by atoms with Crippen molar-refractivity contribution < 1.29 is 14.6 Å². The van der Waals surface area contributed by atoms with Crippen LogP contribution >= 0.6 is 0 Å². The van der Waals surface area contributed by atoms with E-state index in [2.05, 4.69) is 4.74 Å². The first-order chi connectivity index (χ1) is 3.29. The minimum atomic E-state index is -0.775. The van der Waals surface area contributed by atoms with Gasteiger partial charge in [-0.1, -0.05) is 0 Å². The zero-order valence-corrected chi connectivity index (χ0v) is 3.76. The van der Waals surface area contributed by atoms with E-state index in [4.69, 9.17) is 5.11 Å². The van der Waals surface area contributed by atoms with E-state index >= 15 is 0 Å². The van der Waals surface area contributed by atoms with Gasteiger partial charge in [-0.05, 0) is 0 Å². The summed E-state index contributed by atoms with van der Waals surface area (Å²) in [5, 5.41) is 8.04. The van der Waals surface area contributed by atoms with E-state index in [0.29, 0.717) is 6.61 Å². The number of hydrogen-bond acceptors (Lipinski definition) is 2. The molecule has 42 valence electrons. The number of epoxide rings is 1. The number of carbonyl (C=O) groups is 1. The summed E-state index contributed by atoms with van der Waals surface area (Å²) in [6.07, 6.45) is 0.192. The SMILES string of the molecule is O=C(O)CC1CO1.[NaH]. The Morgan fingerprint density at radius 3 is 2.50 bits per heavy atom. The number of hydrogen-bond donors (Lipinski definition) is 1. The second kappa shape index (κ2) is 3.45. The van der Waals surface area contributed by atoms with Crippen LogP contribution in [-0.4, -0.2) is 53.3 Å². The first-order valence-electron chi connectivity index (χ1n) is 2.12. The monoisotopic (exact) mass is 126 g/mol. The van der Waals surface area contributed by atoms with Gasteiger partial charge in [-0.25, -0.2) is 0 Å². The molecule has 1 fully saturated rings. The van der Waals surface area contributed by atoms with Crippen molar-refractivity contribution in [2.45, 2.75) is 12.5 Å². The van der Waals surface area contributed by atoms with Crippen molar-refractivity contribution in [1.29, 1.82) is 0 Å².